The van der Waals surface area contributed by atoms with E-state index < -0.39 is 18.1 Å². The second-order valence-corrected chi connectivity index (χ2v) is 15.9. The summed E-state index contributed by atoms with van der Waals surface area (Å²) in [5.41, 5.74) is 0. The maximum Gasteiger partial charge on any atom is 0.362 e. The van der Waals surface area contributed by atoms with Crippen LogP contribution in [0.25, 0.3) is 0 Å². The molecule has 0 heterocycles. The summed E-state index contributed by atoms with van der Waals surface area (Å²) in [5, 5.41) is 9.61. The third kappa shape index (κ3) is 38.1. The number of esters is 2. The van der Waals surface area contributed by atoms with E-state index in [-0.39, 0.29) is 36.2 Å². The van der Waals surface area contributed by atoms with Crippen molar-refractivity contribution in [2.75, 3.05) is 41.0 Å². The molecule has 8 heteroatoms. The average Bonchev–Trinajstić information content (AvgIpc) is 3.17. The Bertz CT molecular complexity index is 1160. The Morgan fingerprint density at radius 2 is 0.982 bits per heavy atom. The number of ether oxygens (including phenoxy) is 3. The van der Waals surface area contributed by atoms with Gasteiger partial charge in [0.1, 0.15) is 6.61 Å². The number of carbonyl (C=O) groups is 3. The molecule has 0 aromatic heterocycles. The zero-order chi connectivity index (χ0) is 42.1. The summed E-state index contributed by atoms with van der Waals surface area (Å²) in [6.45, 7) is 4.57. The molecule has 0 amide bonds. The molecule has 326 valence electrons. The topological polar surface area (TPSA) is 99.1 Å². The maximum absolute atomic E-state index is 12.7. The summed E-state index contributed by atoms with van der Waals surface area (Å²) in [6.07, 6.45) is 49.5. The number of likely N-dealkylation sites (N-methyl/N-ethyl adjacent to an activating group) is 1. The molecule has 2 unspecified atom stereocenters. The van der Waals surface area contributed by atoms with Crippen molar-refractivity contribution in [1.82, 2.24) is 0 Å². The van der Waals surface area contributed by atoms with E-state index in [0.29, 0.717) is 19.3 Å². The highest BCUT2D eigenvalue weighted by Crippen LogP contribution is 2.13. The molecule has 0 fully saturated rings. The smallest absolute Gasteiger partial charge is 0.362 e. The molecular formula is C49H84NO7+. The fraction of sp³-hybridized carbons (Fsp3) is 0.694. The molecule has 0 spiro atoms. The molecule has 0 saturated heterocycles. The number of unbranched alkanes of at least 4 members (excludes halogenated alkanes) is 13. The number of carbonyl (C=O) groups excluding carboxylic acids is 2. The van der Waals surface area contributed by atoms with Crippen LogP contribution < -0.4 is 0 Å². The van der Waals surface area contributed by atoms with Crippen LogP contribution in [0.2, 0.25) is 0 Å². The minimum absolute atomic E-state index is 0.0507. The second kappa shape index (κ2) is 39.6. The molecule has 0 rings (SSSR count). The highest BCUT2D eigenvalue weighted by molar-refractivity contribution is 5.72. The van der Waals surface area contributed by atoms with Crippen molar-refractivity contribution < 1.29 is 38.2 Å². The summed E-state index contributed by atoms with van der Waals surface area (Å²) in [4.78, 5) is 36.9. The number of hydrogen-bond donors (Lipinski definition) is 1. The first-order valence-electron chi connectivity index (χ1n) is 22.5. The molecule has 0 bridgehead atoms. The van der Waals surface area contributed by atoms with E-state index in [1.807, 2.05) is 21.1 Å². The van der Waals surface area contributed by atoms with E-state index in [4.69, 9.17) is 14.2 Å². The Morgan fingerprint density at radius 1 is 0.544 bits per heavy atom. The van der Waals surface area contributed by atoms with Crippen molar-refractivity contribution in [1.29, 1.82) is 0 Å². The SMILES string of the molecule is CC/C=C/C/C=C/C/C=C/C/C=C/C/C=C/C/C=C/CCCCCCC(=O)OCC(COCCC(C(=O)O)[N+](C)(C)C)OC(=O)CCCCCCCCCCCC. The fourth-order valence-electron chi connectivity index (χ4n) is 6.15. The minimum Gasteiger partial charge on any atom is -0.477 e. The molecular weight excluding hydrogens is 715 g/mol. The van der Waals surface area contributed by atoms with Crippen LogP contribution in [-0.2, 0) is 28.6 Å². The summed E-state index contributed by atoms with van der Waals surface area (Å²) in [6, 6.07) is -0.620. The van der Waals surface area contributed by atoms with Crippen LogP contribution in [0.15, 0.2) is 72.9 Å². The van der Waals surface area contributed by atoms with E-state index in [0.717, 1.165) is 89.9 Å². The van der Waals surface area contributed by atoms with Crippen LogP contribution in [0, 0.1) is 0 Å². The van der Waals surface area contributed by atoms with Gasteiger partial charge in [-0.2, -0.15) is 0 Å². The predicted molar refractivity (Wildman–Crippen MR) is 238 cm³/mol. The van der Waals surface area contributed by atoms with Gasteiger partial charge >= 0.3 is 17.9 Å². The minimum atomic E-state index is -0.881. The van der Waals surface area contributed by atoms with Crippen molar-refractivity contribution in [2.24, 2.45) is 0 Å². The number of aliphatic carboxylic acids is 1. The van der Waals surface area contributed by atoms with Crippen LogP contribution in [0.3, 0.4) is 0 Å². The molecule has 0 saturated carbocycles. The summed E-state index contributed by atoms with van der Waals surface area (Å²) >= 11 is 0. The number of carboxylic acid groups (broad SMARTS) is 1. The highest BCUT2D eigenvalue weighted by Gasteiger charge is 2.31. The van der Waals surface area contributed by atoms with Crippen LogP contribution >= 0.6 is 0 Å². The van der Waals surface area contributed by atoms with Gasteiger partial charge in [0.25, 0.3) is 0 Å². The molecule has 0 aromatic rings. The molecule has 0 aromatic carbocycles. The van der Waals surface area contributed by atoms with Crippen molar-refractivity contribution in [2.45, 2.75) is 180 Å². The van der Waals surface area contributed by atoms with Gasteiger partial charge < -0.3 is 23.8 Å². The highest BCUT2D eigenvalue weighted by atomic mass is 16.6. The Hall–Kier alpha value is -3.23. The Balaban J connectivity index is 4.31. The number of hydrogen-bond acceptors (Lipinski definition) is 6. The Kier molecular flexibility index (Phi) is 37.3. The number of rotatable bonds is 39. The van der Waals surface area contributed by atoms with E-state index in [2.05, 4.69) is 86.8 Å². The quantitative estimate of drug-likeness (QED) is 0.0286. The average molecular weight is 799 g/mol. The largest absolute Gasteiger partial charge is 0.477 e. The third-order valence-corrected chi connectivity index (χ3v) is 9.62. The van der Waals surface area contributed by atoms with Crippen LogP contribution in [0.4, 0.5) is 0 Å². The van der Waals surface area contributed by atoms with Gasteiger partial charge in [-0.3, -0.25) is 9.59 Å². The Morgan fingerprint density at radius 3 is 1.46 bits per heavy atom. The van der Waals surface area contributed by atoms with Gasteiger partial charge in [-0.25, -0.2) is 4.79 Å². The van der Waals surface area contributed by atoms with Crippen LogP contribution in [-0.4, -0.2) is 80.6 Å². The lowest BCUT2D eigenvalue weighted by Gasteiger charge is -2.31. The molecule has 2 atom stereocenters. The monoisotopic (exact) mass is 799 g/mol. The first-order valence-corrected chi connectivity index (χ1v) is 22.5. The molecule has 1 N–H and O–H groups in total. The van der Waals surface area contributed by atoms with Crippen molar-refractivity contribution in [3.63, 3.8) is 0 Å². The molecule has 0 aliphatic heterocycles. The van der Waals surface area contributed by atoms with Gasteiger partial charge in [-0.15, -0.1) is 0 Å². The van der Waals surface area contributed by atoms with Gasteiger partial charge in [0, 0.05) is 19.3 Å². The van der Waals surface area contributed by atoms with Crippen molar-refractivity contribution in [3.8, 4) is 0 Å². The lowest BCUT2D eigenvalue weighted by molar-refractivity contribution is -0.887. The van der Waals surface area contributed by atoms with Gasteiger partial charge in [-0.1, -0.05) is 157 Å². The van der Waals surface area contributed by atoms with Crippen molar-refractivity contribution in [3.05, 3.63) is 72.9 Å². The van der Waals surface area contributed by atoms with E-state index in [1.54, 1.807) is 0 Å². The number of allylic oxidation sites excluding steroid dienone is 12. The lowest BCUT2D eigenvalue weighted by atomic mass is 10.1. The van der Waals surface area contributed by atoms with E-state index in [9.17, 15) is 19.5 Å². The first kappa shape index (κ1) is 53.8. The zero-order valence-corrected chi connectivity index (χ0v) is 37.0. The summed E-state index contributed by atoms with van der Waals surface area (Å²) in [7, 11) is 5.51. The molecule has 0 radical (unpaired) electrons. The normalized spacial score (nSPS) is 13.6. The summed E-state index contributed by atoms with van der Waals surface area (Å²) < 4.78 is 17.2. The summed E-state index contributed by atoms with van der Waals surface area (Å²) in [5.74, 6) is -1.51. The van der Waals surface area contributed by atoms with Crippen molar-refractivity contribution >= 4 is 17.9 Å². The van der Waals surface area contributed by atoms with Crippen LogP contribution in [0.1, 0.15) is 168 Å². The second-order valence-electron chi connectivity index (χ2n) is 15.9. The lowest BCUT2D eigenvalue weighted by Crippen LogP contribution is -2.50. The number of quaternary nitrogens is 1. The first-order chi connectivity index (χ1) is 27.6. The standard InChI is InChI=1S/C49H83NO7/c1-6-8-10-12-14-16-18-19-20-21-22-23-24-25-26-27-28-29-30-32-33-35-37-39-47(51)56-44-45(43-55-42-41-46(49(53)54)50(3,4)5)57-48(52)40-38-36-34-31-17-15-13-11-9-7-2/h8,10,14,16,19-20,22-23,25-26,28-29,45-46H,6-7,9,11-13,15,17-18,21,24,27,30-44H2,1-5H3/p+1/b10-8+,16-14+,20-19+,23-22+,26-25+,29-28+. The zero-order valence-electron chi connectivity index (χ0n) is 37.0. The predicted octanol–water partition coefficient (Wildman–Crippen LogP) is 12.4. The maximum atomic E-state index is 12.7. The fourth-order valence-corrected chi connectivity index (χ4v) is 6.15. The van der Waals surface area contributed by atoms with E-state index >= 15 is 0 Å². The Labute approximate surface area is 349 Å². The third-order valence-electron chi connectivity index (χ3n) is 9.62. The molecule has 57 heavy (non-hydrogen) atoms. The van der Waals surface area contributed by atoms with Crippen LogP contribution in [0.5, 0.6) is 0 Å². The molecule has 0 aliphatic carbocycles. The molecule has 0 aliphatic rings. The number of nitrogens with zero attached hydrogens (tertiary/aromatic N) is 1. The molecule has 8 nitrogen and oxygen atoms in total. The van der Waals surface area contributed by atoms with E-state index in [1.165, 1.54) is 44.9 Å². The van der Waals surface area contributed by atoms with Gasteiger partial charge in [-0.05, 0) is 64.2 Å². The van der Waals surface area contributed by atoms with Gasteiger partial charge in [0.05, 0.1) is 34.4 Å². The van der Waals surface area contributed by atoms with Gasteiger partial charge in [0.2, 0.25) is 0 Å². The number of carboxylic acids is 1. The van der Waals surface area contributed by atoms with Gasteiger partial charge in [0.15, 0.2) is 12.1 Å².